The minimum absolute atomic E-state index is 0.0421. The van der Waals surface area contributed by atoms with Gasteiger partial charge in [-0.25, -0.2) is 9.50 Å². The lowest BCUT2D eigenvalue weighted by molar-refractivity contribution is 0.282. The van der Waals surface area contributed by atoms with Crippen molar-refractivity contribution in [1.29, 1.82) is 0 Å². The number of rotatable bonds is 2. The molecule has 3 aromatic rings. The van der Waals surface area contributed by atoms with E-state index in [0.29, 0.717) is 0 Å². The summed E-state index contributed by atoms with van der Waals surface area (Å²) in [4.78, 5) is 4.31. The van der Waals surface area contributed by atoms with Gasteiger partial charge in [-0.2, -0.15) is 5.10 Å². The van der Waals surface area contributed by atoms with Gasteiger partial charge in [0.1, 0.15) is 0 Å². The molecule has 0 saturated carbocycles. The predicted octanol–water partition coefficient (Wildman–Crippen LogP) is 1.89. The van der Waals surface area contributed by atoms with E-state index in [4.69, 9.17) is 5.11 Å². The van der Waals surface area contributed by atoms with Gasteiger partial charge in [-0.05, 0) is 23.3 Å². The zero-order chi connectivity index (χ0) is 11.7. The number of benzene rings is 1. The van der Waals surface area contributed by atoms with Crippen molar-refractivity contribution in [2.45, 2.75) is 6.61 Å². The third-order valence-corrected chi connectivity index (χ3v) is 2.70. The van der Waals surface area contributed by atoms with Gasteiger partial charge in [0.25, 0.3) is 0 Å². The van der Waals surface area contributed by atoms with Crippen LogP contribution in [0.25, 0.3) is 16.8 Å². The number of hydrogen-bond donors (Lipinski definition) is 1. The van der Waals surface area contributed by atoms with Crippen LogP contribution < -0.4 is 0 Å². The summed E-state index contributed by atoms with van der Waals surface area (Å²) < 4.78 is 1.74. The van der Waals surface area contributed by atoms with E-state index in [1.165, 1.54) is 0 Å². The van der Waals surface area contributed by atoms with Gasteiger partial charge in [0, 0.05) is 18.0 Å². The van der Waals surface area contributed by atoms with E-state index < -0.39 is 0 Å². The second-order valence-electron chi connectivity index (χ2n) is 3.80. The van der Waals surface area contributed by atoms with Crippen molar-refractivity contribution >= 4 is 5.65 Å². The fourth-order valence-corrected chi connectivity index (χ4v) is 1.87. The fraction of sp³-hybridized carbons (Fsp3) is 0.0769. The van der Waals surface area contributed by atoms with Crippen molar-refractivity contribution in [2.75, 3.05) is 0 Å². The van der Waals surface area contributed by atoms with E-state index in [0.717, 1.165) is 22.3 Å². The largest absolute Gasteiger partial charge is 0.392 e. The summed E-state index contributed by atoms with van der Waals surface area (Å²) in [5, 5.41) is 13.4. The average Bonchev–Trinajstić information content (AvgIpc) is 2.82. The number of aliphatic hydroxyl groups is 1. The summed E-state index contributed by atoms with van der Waals surface area (Å²) in [6.07, 6.45) is 5.40. The van der Waals surface area contributed by atoms with Crippen LogP contribution in [0.15, 0.2) is 48.9 Å². The molecule has 0 aliphatic carbocycles. The lowest BCUT2D eigenvalue weighted by Crippen LogP contribution is -1.88. The Morgan fingerprint density at radius 1 is 1.24 bits per heavy atom. The van der Waals surface area contributed by atoms with Gasteiger partial charge in [0.15, 0.2) is 5.65 Å². The van der Waals surface area contributed by atoms with Crippen LogP contribution in [0.2, 0.25) is 0 Å². The summed E-state index contributed by atoms with van der Waals surface area (Å²) in [6, 6.07) is 9.60. The van der Waals surface area contributed by atoms with E-state index in [1.807, 2.05) is 36.5 Å². The Hall–Kier alpha value is -2.20. The standard InChI is InChI=1S/C13H11N3O/c17-9-10-3-1-4-11(7-10)12-8-15-16-6-2-5-14-13(12)16/h1-8,17H,9H2. The molecule has 0 radical (unpaired) electrons. The normalized spacial score (nSPS) is 10.9. The minimum atomic E-state index is 0.0421. The fourth-order valence-electron chi connectivity index (χ4n) is 1.87. The van der Waals surface area contributed by atoms with Gasteiger partial charge in [0.05, 0.1) is 12.8 Å². The highest BCUT2D eigenvalue weighted by atomic mass is 16.3. The summed E-state index contributed by atoms with van der Waals surface area (Å²) in [6.45, 7) is 0.0421. The van der Waals surface area contributed by atoms with Crippen LogP contribution >= 0.6 is 0 Å². The van der Waals surface area contributed by atoms with E-state index in [2.05, 4.69) is 10.1 Å². The molecule has 1 aromatic carbocycles. The Balaban J connectivity index is 2.20. The van der Waals surface area contributed by atoms with Crippen LogP contribution in [0.4, 0.5) is 0 Å². The molecule has 2 heterocycles. The van der Waals surface area contributed by atoms with Crippen molar-refractivity contribution in [2.24, 2.45) is 0 Å². The van der Waals surface area contributed by atoms with E-state index in [9.17, 15) is 0 Å². The van der Waals surface area contributed by atoms with E-state index in [-0.39, 0.29) is 6.61 Å². The van der Waals surface area contributed by atoms with E-state index in [1.54, 1.807) is 16.9 Å². The summed E-state index contributed by atoms with van der Waals surface area (Å²) in [5.41, 5.74) is 3.70. The molecule has 17 heavy (non-hydrogen) atoms. The van der Waals surface area contributed by atoms with Gasteiger partial charge in [0.2, 0.25) is 0 Å². The van der Waals surface area contributed by atoms with Crippen LogP contribution in [0.5, 0.6) is 0 Å². The van der Waals surface area contributed by atoms with Crippen molar-refractivity contribution in [3.05, 3.63) is 54.5 Å². The monoisotopic (exact) mass is 225 g/mol. The van der Waals surface area contributed by atoms with Gasteiger partial charge in [-0.15, -0.1) is 0 Å². The second kappa shape index (κ2) is 3.99. The first-order valence-corrected chi connectivity index (χ1v) is 5.37. The molecule has 0 fully saturated rings. The lowest BCUT2D eigenvalue weighted by Gasteiger charge is -2.01. The second-order valence-corrected chi connectivity index (χ2v) is 3.80. The number of nitrogens with zero attached hydrogens (tertiary/aromatic N) is 3. The first-order valence-electron chi connectivity index (χ1n) is 5.37. The van der Waals surface area contributed by atoms with Crippen LogP contribution in [-0.4, -0.2) is 19.7 Å². The number of hydrogen-bond acceptors (Lipinski definition) is 3. The highest BCUT2D eigenvalue weighted by molar-refractivity contribution is 5.77. The first-order chi connectivity index (χ1) is 8.38. The molecule has 84 valence electrons. The molecule has 4 heteroatoms. The van der Waals surface area contributed by atoms with Crippen molar-refractivity contribution in [1.82, 2.24) is 14.6 Å². The SMILES string of the molecule is OCc1cccc(-c2cnn3cccnc23)c1. The van der Waals surface area contributed by atoms with E-state index >= 15 is 0 Å². The highest BCUT2D eigenvalue weighted by Gasteiger charge is 2.07. The Kier molecular flexibility index (Phi) is 2.34. The lowest BCUT2D eigenvalue weighted by atomic mass is 10.1. The maximum Gasteiger partial charge on any atom is 0.162 e. The molecule has 0 bridgehead atoms. The maximum atomic E-state index is 9.14. The van der Waals surface area contributed by atoms with Gasteiger partial charge < -0.3 is 5.11 Å². The molecule has 0 saturated heterocycles. The minimum Gasteiger partial charge on any atom is -0.392 e. The van der Waals surface area contributed by atoms with Gasteiger partial charge in [-0.3, -0.25) is 0 Å². The summed E-state index contributed by atoms with van der Waals surface area (Å²) in [7, 11) is 0. The summed E-state index contributed by atoms with van der Waals surface area (Å²) in [5.74, 6) is 0. The number of fused-ring (bicyclic) bond motifs is 1. The van der Waals surface area contributed by atoms with Crippen LogP contribution in [0.3, 0.4) is 0 Å². The van der Waals surface area contributed by atoms with Gasteiger partial charge >= 0.3 is 0 Å². The van der Waals surface area contributed by atoms with Gasteiger partial charge in [-0.1, -0.05) is 18.2 Å². The molecule has 0 amide bonds. The van der Waals surface area contributed by atoms with Crippen LogP contribution in [0.1, 0.15) is 5.56 Å². The number of aliphatic hydroxyl groups excluding tert-OH is 1. The van der Waals surface area contributed by atoms with Crippen molar-refractivity contribution < 1.29 is 5.11 Å². The Morgan fingerprint density at radius 2 is 2.18 bits per heavy atom. The smallest absolute Gasteiger partial charge is 0.162 e. The molecular weight excluding hydrogens is 214 g/mol. The third kappa shape index (κ3) is 1.68. The molecule has 2 aromatic heterocycles. The van der Waals surface area contributed by atoms with Crippen molar-refractivity contribution in [3.8, 4) is 11.1 Å². The zero-order valence-electron chi connectivity index (χ0n) is 9.11. The topological polar surface area (TPSA) is 50.4 Å². The molecule has 0 aliphatic heterocycles. The molecule has 1 N–H and O–H groups in total. The molecule has 4 nitrogen and oxygen atoms in total. The quantitative estimate of drug-likeness (QED) is 0.724. The molecule has 0 spiro atoms. The maximum absolute atomic E-state index is 9.14. The summed E-state index contributed by atoms with van der Waals surface area (Å²) >= 11 is 0. The van der Waals surface area contributed by atoms with Crippen molar-refractivity contribution in [3.63, 3.8) is 0 Å². The Bertz CT molecular complexity index is 660. The highest BCUT2D eigenvalue weighted by Crippen LogP contribution is 2.23. The molecule has 0 atom stereocenters. The van der Waals surface area contributed by atoms with Crippen LogP contribution in [-0.2, 0) is 6.61 Å². The molecular formula is C13H11N3O. The average molecular weight is 225 g/mol. The molecule has 3 rings (SSSR count). The number of aromatic nitrogens is 3. The molecule has 0 aliphatic rings. The van der Waals surface area contributed by atoms with Crippen LogP contribution in [0, 0.1) is 0 Å². The Labute approximate surface area is 98.2 Å². The Morgan fingerprint density at radius 3 is 3.06 bits per heavy atom. The zero-order valence-corrected chi connectivity index (χ0v) is 9.11. The third-order valence-electron chi connectivity index (χ3n) is 2.70. The first kappa shape index (κ1) is 9.99. The predicted molar refractivity (Wildman–Crippen MR) is 64.3 cm³/mol. The molecule has 0 unspecified atom stereocenters.